The molecule has 7 nitrogen and oxygen atoms in total. The van der Waals surface area contributed by atoms with Crippen molar-refractivity contribution in [3.8, 4) is 11.3 Å². The number of Topliss-reactive ketones (excluding diaryl/α,β-unsaturated/α-hetero) is 1. The average Bonchev–Trinajstić information content (AvgIpc) is 3.74. The van der Waals surface area contributed by atoms with Crippen LogP contribution >= 0.6 is 34.8 Å². The molecule has 3 unspecified atom stereocenters. The summed E-state index contributed by atoms with van der Waals surface area (Å²) >= 11 is 17.8. The molecule has 52 heavy (non-hydrogen) atoms. The van der Waals surface area contributed by atoms with Crippen molar-refractivity contribution in [3.05, 3.63) is 123 Å². The summed E-state index contributed by atoms with van der Waals surface area (Å²) in [6.07, 6.45) is 5.51. The van der Waals surface area contributed by atoms with E-state index in [1.807, 2.05) is 13.8 Å². The van der Waals surface area contributed by atoms with Crippen LogP contribution in [0.25, 0.3) is 11.3 Å². The standard InChI is InChI=1S/C13H16ClNO2.C11H9Cl2NO2.C10H12.C8H17N/c1-8(2)12(9(3)16)15-13(17)10-4-6-11(14)7-5-10;1-6(15)11-14-5-9(16-11)10-7(12)3-2-4-8(10)13;1-8-6-9-4-2-3-5-10(9)7-8;1-5-7(3)9-8(4)6-2/h4-8,12H,1-3H3,(H,15,17);2-6,15H,1H3;2-5,8H,6-7H2,1H3;8-9H,3,5-6H2,1-2,4H3. The molecular formula is C42H54Cl3N3O4. The van der Waals surface area contributed by atoms with Gasteiger partial charge in [-0.1, -0.05) is 106 Å². The number of benzene rings is 3. The first kappa shape index (κ1) is 44.5. The van der Waals surface area contributed by atoms with E-state index in [-0.39, 0.29) is 23.5 Å². The second kappa shape index (κ2) is 22.4. The van der Waals surface area contributed by atoms with Crippen LogP contribution in [0.4, 0.5) is 0 Å². The van der Waals surface area contributed by atoms with Crippen LogP contribution in [0.5, 0.6) is 0 Å². The van der Waals surface area contributed by atoms with Crippen LogP contribution in [0.2, 0.25) is 15.1 Å². The molecule has 3 N–H and O–H groups in total. The van der Waals surface area contributed by atoms with Crippen molar-refractivity contribution in [2.75, 3.05) is 0 Å². The zero-order valence-electron chi connectivity index (χ0n) is 31.6. The number of ketones is 1. The SMILES string of the molecule is C=C(CC)NC(C)CC.CC(=O)C(NC(=O)c1ccc(Cl)cc1)C(C)C.CC(O)c1ncc(-c2c(Cl)cccc2Cl)o1.CC1Cc2ccccc2C1. The summed E-state index contributed by atoms with van der Waals surface area (Å²) in [5.41, 5.74) is 5.36. The summed E-state index contributed by atoms with van der Waals surface area (Å²) in [5, 5.41) is 16.9. The summed E-state index contributed by atoms with van der Waals surface area (Å²) in [4.78, 5) is 27.2. The molecule has 0 spiro atoms. The normalized spacial score (nSPS) is 13.5. The van der Waals surface area contributed by atoms with E-state index >= 15 is 0 Å². The van der Waals surface area contributed by atoms with Gasteiger partial charge in [0.25, 0.3) is 5.91 Å². The maximum absolute atomic E-state index is 11.9. The number of aliphatic hydroxyl groups is 1. The number of nitrogens with zero attached hydrogens (tertiary/aromatic N) is 1. The first-order valence-electron chi connectivity index (χ1n) is 17.7. The summed E-state index contributed by atoms with van der Waals surface area (Å²) in [7, 11) is 0. The number of carbonyl (C=O) groups is 2. The predicted octanol–water partition coefficient (Wildman–Crippen LogP) is 11.1. The van der Waals surface area contributed by atoms with Gasteiger partial charge in [-0.25, -0.2) is 4.98 Å². The molecule has 282 valence electrons. The Hall–Kier alpha value is -3.62. The first-order chi connectivity index (χ1) is 24.6. The van der Waals surface area contributed by atoms with Crippen LogP contribution in [0.3, 0.4) is 0 Å². The Balaban J connectivity index is 0.000000248. The second-order valence-corrected chi connectivity index (χ2v) is 14.6. The Morgan fingerprint density at radius 3 is 1.90 bits per heavy atom. The predicted molar refractivity (Wildman–Crippen MR) is 216 cm³/mol. The number of halogens is 3. The fourth-order valence-corrected chi connectivity index (χ4v) is 5.93. The van der Waals surface area contributed by atoms with Gasteiger partial charge in [-0.05, 0) is 106 Å². The van der Waals surface area contributed by atoms with Crippen LogP contribution in [0, 0.1) is 11.8 Å². The zero-order valence-corrected chi connectivity index (χ0v) is 33.9. The molecule has 1 aromatic heterocycles. The van der Waals surface area contributed by atoms with Crippen molar-refractivity contribution < 1.29 is 19.1 Å². The van der Waals surface area contributed by atoms with Gasteiger partial charge in [0.2, 0.25) is 5.89 Å². The fourth-order valence-electron chi connectivity index (χ4n) is 5.22. The van der Waals surface area contributed by atoms with E-state index in [9.17, 15) is 14.7 Å². The van der Waals surface area contributed by atoms with Gasteiger partial charge in [0, 0.05) is 22.3 Å². The Kier molecular flexibility index (Phi) is 19.2. The number of aliphatic hydroxyl groups excluding tert-OH is 1. The lowest BCUT2D eigenvalue weighted by molar-refractivity contribution is -0.119. The number of aromatic nitrogens is 1. The average molecular weight is 771 g/mol. The summed E-state index contributed by atoms with van der Waals surface area (Å²) in [6, 6.07) is 20.6. The summed E-state index contributed by atoms with van der Waals surface area (Å²) in [6.45, 7) is 19.5. The molecule has 0 saturated heterocycles. The van der Waals surface area contributed by atoms with Gasteiger partial charge in [-0.15, -0.1) is 0 Å². The molecule has 1 amide bonds. The molecular weight excluding hydrogens is 717 g/mol. The Morgan fingerprint density at radius 2 is 1.46 bits per heavy atom. The maximum atomic E-state index is 11.9. The molecule has 0 saturated carbocycles. The molecule has 10 heteroatoms. The van der Waals surface area contributed by atoms with E-state index in [4.69, 9.17) is 39.2 Å². The lowest BCUT2D eigenvalue weighted by Crippen LogP contribution is -2.43. The Bertz CT molecular complexity index is 1670. The topological polar surface area (TPSA) is 104 Å². The third-order valence-electron chi connectivity index (χ3n) is 8.33. The zero-order chi connectivity index (χ0) is 39.0. The molecule has 5 rings (SSSR count). The van der Waals surface area contributed by atoms with Gasteiger partial charge < -0.3 is 20.2 Å². The van der Waals surface area contributed by atoms with E-state index in [0.29, 0.717) is 38.0 Å². The van der Waals surface area contributed by atoms with Crippen molar-refractivity contribution >= 4 is 46.5 Å². The number of fused-ring (bicyclic) bond motifs is 1. The number of rotatable bonds is 10. The molecule has 3 aromatic carbocycles. The number of carbonyl (C=O) groups excluding carboxylic acids is 2. The largest absolute Gasteiger partial charge is 0.438 e. The number of amides is 1. The minimum absolute atomic E-state index is 0.0395. The van der Waals surface area contributed by atoms with Crippen molar-refractivity contribution in [2.45, 2.75) is 99.3 Å². The van der Waals surface area contributed by atoms with Gasteiger partial charge in [-0.2, -0.15) is 0 Å². The third-order valence-corrected chi connectivity index (χ3v) is 9.21. The quantitative estimate of drug-likeness (QED) is 0.148. The molecule has 3 atom stereocenters. The minimum Gasteiger partial charge on any atom is -0.438 e. The first-order valence-corrected chi connectivity index (χ1v) is 18.9. The van der Waals surface area contributed by atoms with E-state index < -0.39 is 12.1 Å². The van der Waals surface area contributed by atoms with E-state index in [0.717, 1.165) is 18.0 Å². The monoisotopic (exact) mass is 769 g/mol. The van der Waals surface area contributed by atoms with Crippen LogP contribution in [-0.4, -0.2) is 33.9 Å². The molecule has 0 fully saturated rings. The van der Waals surface area contributed by atoms with Crippen LogP contribution < -0.4 is 10.6 Å². The highest BCUT2D eigenvalue weighted by Crippen LogP contribution is 2.35. The van der Waals surface area contributed by atoms with E-state index in [1.165, 1.54) is 32.4 Å². The number of hydrogen-bond donors (Lipinski definition) is 3. The van der Waals surface area contributed by atoms with Gasteiger partial charge in [0.05, 0.1) is 27.8 Å². The molecule has 1 aliphatic carbocycles. The Labute approximate surface area is 325 Å². The highest BCUT2D eigenvalue weighted by atomic mass is 35.5. The summed E-state index contributed by atoms with van der Waals surface area (Å²) < 4.78 is 5.36. The summed E-state index contributed by atoms with van der Waals surface area (Å²) in [5.74, 6) is 1.34. The maximum Gasteiger partial charge on any atom is 0.251 e. The molecule has 0 aliphatic heterocycles. The van der Waals surface area contributed by atoms with Crippen LogP contribution in [0.15, 0.2) is 89.6 Å². The van der Waals surface area contributed by atoms with Crippen molar-refractivity contribution in [1.82, 2.24) is 15.6 Å². The molecule has 0 bridgehead atoms. The van der Waals surface area contributed by atoms with Gasteiger partial charge in [-0.3, -0.25) is 9.59 Å². The van der Waals surface area contributed by atoms with Crippen molar-refractivity contribution in [1.29, 1.82) is 0 Å². The number of allylic oxidation sites excluding steroid dienone is 1. The van der Waals surface area contributed by atoms with Gasteiger partial charge in [0.1, 0.15) is 6.10 Å². The third kappa shape index (κ3) is 14.8. The molecule has 0 radical (unpaired) electrons. The number of oxazole rings is 1. The van der Waals surface area contributed by atoms with Crippen molar-refractivity contribution in [3.63, 3.8) is 0 Å². The van der Waals surface area contributed by atoms with Gasteiger partial charge in [0.15, 0.2) is 11.5 Å². The number of nitrogens with one attached hydrogen (secondary N) is 2. The van der Waals surface area contributed by atoms with E-state index in [1.54, 1.807) is 60.5 Å². The molecule has 4 aromatic rings. The lowest BCUT2D eigenvalue weighted by atomic mass is 10.0. The van der Waals surface area contributed by atoms with E-state index in [2.05, 4.69) is 74.2 Å². The fraction of sp³-hybridized carbons (Fsp3) is 0.405. The van der Waals surface area contributed by atoms with Crippen molar-refractivity contribution in [2.24, 2.45) is 11.8 Å². The van der Waals surface area contributed by atoms with Crippen LogP contribution in [0.1, 0.15) is 102 Å². The minimum atomic E-state index is -0.755. The highest BCUT2D eigenvalue weighted by molar-refractivity contribution is 6.39. The number of hydrogen-bond acceptors (Lipinski definition) is 6. The molecule has 1 heterocycles. The van der Waals surface area contributed by atoms with Crippen LogP contribution in [-0.2, 0) is 17.6 Å². The van der Waals surface area contributed by atoms with Gasteiger partial charge >= 0.3 is 0 Å². The Morgan fingerprint density at radius 1 is 0.904 bits per heavy atom. The lowest BCUT2D eigenvalue weighted by Gasteiger charge is -2.19. The second-order valence-electron chi connectivity index (χ2n) is 13.3. The smallest absolute Gasteiger partial charge is 0.251 e. The molecule has 1 aliphatic rings. The highest BCUT2D eigenvalue weighted by Gasteiger charge is 2.21.